The first-order valence-corrected chi connectivity index (χ1v) is 45.7. The van der Waals surface area contributed by atoms with Crippen LogP contribution in [0.15, 0.2) is 456 Å². The number of hydrogen-bond acceptors (Lipinski definition) is 9. The highest BCUT2D eigenvalue weighted by Crippen LogP contribution is 2.46. The van der Waals surface area contributed by atoms with Crippen molar-refractivity contribution in [3.63, 3.8) is 0 Å². The zero-order chi connectivity index (χ0) is 91.8. The van der Waals surface area contributed by atoms with Gasteiger partial charge in [0.2, 0.25) is 0 Å². The molecule has 0 unspecified atom stereocenters. The third-order valence-corrected chi connectivity index (χ3v) is 26.6. The Labute approximate surface area is 791 Å². The van der Waals surface area contributed by atoms with E-state index in [0.29, 0.717) is 16.7 Å². The zero-order valence-corrected chi connectivity index (χ0v) is 74.0. The Hall–Kier alpha value is -19.5. The number of fused-ring (bicyclic) bond motifs is 18. The minimum Gasteiger partial charge on any atom is -0.294 e. The van der Waals surface area contributed by atoms with Gasteiger partial charge in [0.1, 0.15) is 34.9 Å². The zero-order valence-electron chi connectivity index (χ0n) is 74.0. The first kappa shape index (κ1) is 80.5. The summed E-state index contributed by atoms with van der Waals surface area (Å²) in [5.74, 6) is 4.85. The van der Waals surface area contributed by atoms with E-state index < -0.39 is 0 Å². The molecule has 0 fully saturated rings. The van der Waals surface area contributed by atoms with Gasteiger partial charge in [-0.05, 0) is 201 Å². The second-order valence-corrected chi connectivity index (χ2v) is 34.2. The van der Waals surface area contributed by atoms with Crippen molar-refractivity contribution in [2.75, 3.05) is 0 Å². The Bertz CT molecular complexity index is 9040. The number of nitriles is 3. The first-order valence-electron chi connectivity index (χ1n) is 45.7. The van der Waals surface area contributed by atoms with E-state index in [2.05, 4.69) is 400 Å². The van der Waals surface area contributed by atoms with E-state index >= 15 is 0 Å². The summed E-state index contributed by atoms with van der Waals surface area (Å²) in [6.07, 6.45) is 11.3. The van der Waals surface area contributed by atoms with Gasteiger partial charge in [0.25, 0.3) is 0 Å². The lowest BCUT2D eigenvalue weighted by Gasteiger charge is -2.16. The van der Waals surface area contributed by atoms with Gasteiger partial charge >= 0.3 is 0 Å². The molecule has 12 aromatic heterocycles. The van der Waals surface area contributed by atoms with Crippen LogP contribution in [0.5, 0.6) is 0 Å². The van der Waals surface area contributed by atoms with E-state index in [-0.39, 0.29) is 0 Å². The van der Waals surface area contributed by atoms with Gasteiger partial charge in [-0.1, -0.05) is 279 Å². The molecule has 138 heavy (non-hydrogen) atoms. The topological polar surface area (TPSA) is 178 Å². The second kappa shape index (κ2) is 33.7. The molecule has 0 aliphatic carbocycles. The molecule has 0 saturated heterocycles. The lowest BCUT2D eigenvalue weighted by atomic mass is 9.92. The Morgan fingerprint density at radius 2 is 0.406 bits per heavy atom. The summed E-state index contributed by atoms with van der Waals surface area (Å²) < 4.78 is 13.5. The summed E-state index contributed by atoms with van der Waals surface area (Å²) in [4.78, 5) is 29.8. The molecule has 12 heterocycles. The molecule has 0 N–H and O–H groups in total. The maximum atomic E-state index is 10.0. The van der Waals surface area contributed by atoms with Crippen molar-refractivity contribution in [1.82, 2.24) is 57.3 Å². The molecule has 0 radical (unpaired) electrons. The van der Waals surface area contributed by atoms with E-state index in [1.165, 1.54) is 32.3 Å². The highest BCUT2D eigenvalue weighted by Gasteiger charge is 2.26. The van der Waals surface area contributed by atoms with Crippen molar-refractivity contribution < 1.29 is 0 Å². The summed E-state index contributed by atoms with van der Waals surface area (Å²) in [6.45, 7) is 0. The van der Waals surface area contributed by atoms with Gasteiger partial charge in [-0.25, -0.2) is 15.0 Å². The first-order chi connectivity index (χ1) is 68.4. The van der Waals surface area contributed by atoms with E-state index in [4.69, 9.17) is 15.0 Å². The SMILES string of the molecule is N#Cc1ccc(-c2ccccc2-c2cc(-n3c4ccccc4c4ccccc43)nc(-n3c4ccccc4c4ccncc43)c2)cc1.N#Cc1cccc(-c2ccccc2-c2cc(-n3c4ccccc4c4ccccc43)nc(-n3c4ccccc4c4ccncc43)c2)c1.N#Cc1ccccc1-c1ccccc1-c1cc(-n2c3ccccc3c3ccccc32)nc(-n2c3ccccc3c3ccncc32)c1. The number of hydrogen-bond donors (Lipinski definition) is 0. The van der Waals surface area contributed by atoms with E-state index in [1.807, 2.05) is 116 Å². The maximum Gasteiger partial charge on any atom is 0.140 e. The molecule has 27 rings (SSSR count). The van der Waals surface area contributed by atoms with Gasteiger partial charge in [-0.3, -0.25) is 42.4 Å². The summed E-state index contributed by atoms with van der Waals surface area (Å²) >= 11 is 0. The molecule has 0 bridgehead atoms. The van der Waals surface area contributed by atoms with Crippen LogP contribution in [0.25, 0.3) is 233 Å². The molecule has 0 saturated carbocycles. The van der Waals surface area contributed by atoms with Crippen molar-refractivity contribution in [1.29, 1.82) is 15.8 Å². The predicted molar refractivity (Wildman–Crippen MR) is 559 cm³/mol. The number of benzene rings is 15. The average molecular weight is 1760 g/mol. The van der Waals surface area contributed by atoms with Gasteiger partial charge in [-0.15, -0.1) is 0 Å². The van der Waals surface area contributed by atoms with E-state index in [1.54, 1.807) is 0 Å². The van der Waals surface area contributed by atoms with Crippen LogP contribution in [-0.4, -0.2) is 57.3 Å². The maximum absolute atomic E-state index is 10.0. The molecule has 27 aromatic rings. The Balaban J connectivity index is 0.000000110. The molecular formula is C123H75N15. The van der Waals surface area contributed by atoms with Crippen LogP contribution < -0.4 is 0 Å². The molecule has 15 aromatic carbocycles. The quantitative estimate of drug-likeness (QED) is 0.115. The van der Waals surface area contributed by atoms with Crippen molar-refractivity contribution in [2.45, 2.75) is 0 Å². The Morgan fingerprint density at radius 1 is 0.167 bits per heavy atom. The summed E-state index contributed by atoms with van der Waals surface area (Å²) in [5, 5.41) is 43.0. The fraction of sp³-hybridized carbons (Fsp3) is 0. The van der Waals surface area contributed by atoms with Gasteiger partial charge in [-0.2, -0.15) is 15.8 Å². The van der Waals surface area contributed by atoms with Gasteiger partial charge in [0.15, 0.2) is 0 Å². The van der Waals surface area contributed by atoms with Crippen LogP contribution in [0, 0.1) is 34.0 Å². The van der Waals surface area contributed by atoms with Crippen molar-refractivity contribution in [2.24, 2.45) is 0 Å². The molecule has 0 atom stereocenters. The highest BCUT2D eigenvalue weighted by molar-refractivity contribution is 6.15. The number of para-hydroxylation sites is 9. The third kappa shape index (κ3) is 13.6. The lowest BCUT2D eigenvalue weighted by molar-refractivity contribution is 1.01. The number of aromatic nitrogens is 12. The standard InChI is InChI=1S/3C41H25N5/c42-25-27-10-9-11-28(22-27)30-12-1-2-13-31(30)29-23-40(45-36-17-6-3-14-32(36)33-15-4-7-18-37(33)45)44-41(24-29)46-38-19-8-5-16-34(38)35-20-21-43-26-39(35)46;42-25-27-17-19-28(20-18-27)30-9-1-2-10-31(30)29-23-40(45-36-14-6-3-11-32(36)33-12-4-7-15-37(33)45)44-41(24-29)46-38-16-8-5-13-34(38)35-21-22-43-26-39(35)46;42-25-27-11-1-2-12-29(27)31-14-4-3-13-30(31)28-23-40(45-36-18-8-5-15-32(36)33-16-6-9-19-37(33)45)44-41(24-28)46-38-20-10-7-17-34(38)35-21-22-43-26-39(35)46/h3*1-24,26H. The number of nitrogens with zero attached hydrogens (tertiary/aromatic N) is 15. The van der Waals surface area contributed by atoms with Crippen LogP contribution in [0.4, 0.5) is 0 Å². The molecule has 0 spiro atoms. The average Bonchev–Trinajstić information content (AvgIpc) is 1.58. The fourth-order valence-electron chi connectivity index (χ4n) is 20.6. The highest BCUT2D eigenvalue weighted by atomic mass is 15.2. The van der Waals surface area contributed by atoms with Crippen LogP contribution in [0.2, 0.25) is 0 Å². The number of pyridine rings is 6. The smallest absolute Gasteiger partial charge is 0.140 e. The summed E-state index contributed by atoms with van der Waals surface area (Å²) in [7, 11) is 0. The largest absolute Gasteiger partial charge is 0.294 e. The molecule has 0 aliphatic rings. The molecule has 0 aliphatic heterocycles. The van der Waals surface area contributed by atoms with Gasteiger partial charge in [0.05, 0.1) is 120 Å². The van der Waals surface area contributed by atoms with Gasteiger partial charge in [0, 0.05) is 88.8 Å². The van der Waals surface area contributed by atoms with E-state index in [0.717, 1.165) is 200 Å². The van der Waals surface area contributed by atoms with Crippen molar-refractivity contribution in [3.8, 4) is 120 Å². The summed E-state index contributed by atoms with van der Waals surface area (Å²) in [6, 6.07) is 151. The van der Waals surface area contributed by atoms with Crippen LogP contribution in [0.3, 0.4) is 0 Å². The fourth-order valence-corrected chi connectivity index (χ4v) is 20.6. The predicted octanol–water partition coefficient (Wildman–Crippen LogP) is 29.6. The normalized spacial score (nSPS) is 11.5. The van der Waals surface area contributed by atoms with Crippen LogP contribution in [0.1, 0.15) is 16.7 Å². The Kier molecular flexibility index (Phi) is 19.7. The molecular weight excluding hydrogens is 1690 g/mol. The molecule has 15 nitrogen and oxygen atoms in total. The van der Waals surface area contributed by atoms with Crippen LogP contribution >= 0.6 is 0 Å². The molecule has 642 valence electrons. The minimum absolute atomic E-state index is 0.631. The van der Waals surface area contributed by atoms with Gasteiger partial charge < -0.3 is 0 Å². The molecule has 0 amide bonds. The Morgan fingerprint density at radius 3 is 0.703 bits per heavy atom. The van der Waals surface area contributed by atoms with Crippen molar-refractivity contribution >= 4 is 131 Å². The monoisotopic (exact) mass is 1760 g/mol. The second-order valence-electron chi connectivity index (χ2n) is 34.2. The minimum atomic E-state index is 0.631. The van der Waals surface area contributed by atoms with Crippen molar-refractivity contribution in [3.05, 3.63) is 472 Å². The summed E-state index contributed by atoms with van der Waals surface area (Å²) in [5.41, 5.74) is 27.0. The third-order valence-electron chi connectivity index (χ3n) is 26.6. The molecule has 15 heteroatoms. The van der Waals surface area contributed by atoms with E-state index in [9.17, 15) is 15.8 Å². The number of rotatable bonds is 12. The lowest BCUT2D eigenvalue weighted by Crippen LogP contribution is -2.04. The van der Waals surface area contributed by atoms with Crippen LogP contribution in [-0.2, 0) is 0 Å².